The van der Waals surface area contributed by atoms with Gasteiger partial charge in [0.05, 0.1) is 22.9 Å². The Morgan fingerprint density at radius 1 is 1.47 bits per heavy atom. The Hall–Kier alpha value is -0.320. The molecule has 1 aromatic heterocycles. The zero-order valence-electron chi connectivity index (χ0n) is 11.0. The molecule has 0 aliphatic heterocycles. The Balaban J connectivity index is 2.90. The number of hydrogen-bond acceptors (Lipinski definition) is 3. The maximum absolute atomic E-state index is 5.61. The van der Waals surface area contributed by atoms with Crippen LogP contribution in [0.3, 0.4) is 0 Å². The average molecular weight is 304 g/mol. The van der Waals surface area contributed by atoms with Crippen molar-refractivity contribution in [2.45, 2.75) is 39.3 Å². The van der Waals surface area contributed by atoms with Gasteiger partial charge in [-0.3, -0.25) is 0 Å². The highest BCUT2D eigenvalue weighted by Gasteiger charge is 2.29. The molecule has 2 atom stereocenters. The second kappa shape index (κ2) is 7.19. The van der Waals surface area contributed by atoms with Gasteiger partial charge in [-0.25, -0.2) is 0 Å². The average Bonchev–Trinajstić information content (AvgIpc) is 2.70. The number of hydrogen-bond donors (Lipinski definition) is 1. The van der Waals surface area contributed by atoms with Gasteiger partial charge in [0.25, 0.3) is 0 Å². The number of nitrogens with one attached hydrogen (secondary N) is 1. The van der Waals surface area contributed by atoms with E-state index in [9.17, 15) is 0 Å². The van der Waals surface area contributed by atoms with Gasteiger partial charge in [-0.2, -0.15) is 0 Å². The minimum atomic E-state index is 0.0873. The zero-order chi connectivity index (χ0) is 12.8. The van der Waals surface area contributed by atoms with E-state index in [1.54, 1.807) is 13.4 Å². The number of halogens is 1. The van der Waals surface area contributed by atoms with Crippen LogP contribution in [0.1, 0.15) is 39.0 Å². The lowest BCUT2D eigenvalue weighted by molar-refractivity contribution is 0.0262. The molecule has 0 amide bonds. The van der Waals surface area contributed by atoms with Gasteiger partial charge in [-0.15, -0.1) is 0 Å². The molecule has 0 saturated carbocycles. The third kappa shape index (κ3) is 3.83. The lowest BCUT2D eigenvalue weighted by atomic mass is 9.97. The molecule has 0 aliphatic carbocycles. The topological polar surface area (TPSA) is 34.4 Å². The third-order valence-corrected chi connectivity index (χ3v) is 3.45. The Morgan fingerprint density at radius 3 is 2.59 bits per heavy atom. The summed E-state index contributed by atoms with van der Waals surface area (Å²) in [7, 11) is 1.75. The summed E-state index contributed by atoms with van der Waals surface area (Å²) in [6, 6.07) is 2.01. The summed E-state index contributed by atoms with van der Waals surface area (Å²) in [5.41, 5.74) is 0. The van der Waals surface area contributed by atoms with Crippen LogP contribution in [0.4, 0.5) is 0 Å². The largest absolute Gasteiger partial charge is 0.466 e. The molecule has 3 nitrogen and oxygen atoms in total. The van der Waals surface area contributed by atoms with E-state index in [1.807, 2.05) is 6.07 Å². The molecule has 2 unspecified atom stereocenters. The Kier molecular flexibility index (Phi) is 6.23. The number of methoxy groups -OCH3 is 1. The molecule has 0 saturated heterocycles. The summed E-state index contributed by atoms with van der Waals surface area (Å²) < 4.78 is 12.2. The van der Waals surface area contributed by atoms with Gasteiger partial charge in [0.2, 0.25) is 0 Å². The van der Waals surface area contributed by atoms with Crippen molar-refractivity contribution in [3.63, 3.8) is 0 Å². The highest BCUT2D eigenvalue weighted by molar-refractivity contribution is 9.10. The molecule has 1 heterocycles. The number of rotatable bonds is 7. The molecule has 0 aromatic carbocycles. The van der Waals surface area contributed by atoms with Crippen LogP contribution in [0.2, 0.25) is 0 Å². The standard InChI is InChI=1S/C13H22BrNO2/c1-5-7-15-11(12(16-4)9(2)3)13-10(14)6-8-17-13/h6,8-9,11-12,15H,5,7H2,1-4H3. The van der Waals surface area contributed by atoms with Gasteiger partial charge in [0, 0.05) is 7.11 Å². The molecule has 0 aliphatic rings. The highest BCUT2D eigenvalue weighted by Crippen LogP contribution is 2.30. The van der Waals surface area contributed by atoms with Gasteiger partial charge >= 0.3 is 0 Å². The van der Waals surface area contributed by atoms with Crippen LogP contribution < -0.4 is 5.32 Å². The van der Waals surface area contributed by atoms with Crippen molar-refractivity contribution in [1.82, 2.24) is 5.32 Å². The van der Waals surface area contributed by atoms with Crippen LogP contribution >= 0.6 is 15.9 Å². The van der Waals surface area contributed by atoms with Crippen molar-refractivity contribution < 1.29 is 9.15 Å². The SMILES string of the molecule is CCCNC(c1occc1Br)C(OC)C(C)C. The summed E-state index contributed by atoms with van der Waals surface area (Å²) in [6.07, 6.45) is 2.89. The van der Waals surface area contributed by atoms with Gasteiger partial charge in [0.15, 0.2) is 0 Å². The fraction of sp³-hybridized carbons (Fsp3) is 0.692. The second-order valence-electron chi connectivity index (χ2n) is 4.51. The van der Waals surface area contributed by atoms with Crippen molar-refractivity contribution in [2.24, 2.45) is 5.92 Å². The molecule has 1 aromatic rings. The monoisotopic (exact) mass is 303 g/mol. The maximum atomic E-state index is 5.61. The molecular formula is C13H22BrNO2. The smallest absolute Gasteiger partial charge is 0.137 e. The lowest BCUT2D eigenvalue weighted by Gasteiger charge is -2.28. The maximum Gasteiger partial charge on any atom is 0.137 e. The molecule has 0 bridgehead atoms. The van der Waals surface area contributed by atoms with Crippen LogP contribution in [0.25, 0.3) is 0 Å². The fourth-order valence-corrected chi connectivity index (χ4v) is 2.43. The van der Waals surface area contributed by atoms with Crippen LogP contribution in [0, 0.1) is 5.92 Å². The van der Waals surface area contributed by atoms with Crippen LogP contribution in [-0.4, -0.2) is 19.8 Å². The normalized spacial score (nSPS) is 15.2. The van der Waals surface area contributed by atoms with E-state index in [1.165, 1.54) is 0 Å². The first-order chi connectivity index (χ1) is 8.11. The zero-order valence-corrected chi connectivity index (χ0v) is 12.6. The molecule has 1 N–H and O–H groups in total. The van der Waals surface area contributed by atoms with Crippen molar-refractivity contribution in [1.29, 1.82) is 0 Å². The first kappa shape index (κ1) is 14.7. The van der Waals surface area contributed by atoms with Crippen molar-refractivity contribution >= 4 is 15.9 Å². The fourth-order valence-electron chi connectivity index (χ4n) is 1.98. The van der Waals surface area contributed by atoms with Gasteiger partial charge in [-0.1, -0.05) is 20.8 Å². The molecule has 17 heavy (non-hydrogen) atoms. The molecule has 0 radical (unpaired) electrons. The molecule has 0 spiro atoms. The second-order valence-corrected chi connectivity index (χ2v) is 5.36. The van der Waals surface area contributed by atoms with E-state index in [0.717, 1.165) is 23.2 Å². The number of furan rings is 1. The van der Waals surface area contributed by atoms with Gasteiger partial charge in [0.1, 0.15) is 5.76 Å². The van der Waals surface area contributed by atoms with E-state index in [2.05, 4.69) is 42.0 Å². The van der Waals surface area contributed by atoms with E-state index < -0.39 is 0 Å². The summed E-state index contributed by atoms with van der Waals surface area (Å²) in [5.74, 6) is 1.34. The van der Waals surface area contributed by atoms with E-state index in [0.29, 0.717) is 5.92 Å². The van der Waals surface area contributed by atoms with Gasteiger partial charge in [-0.05, 0) is 40.9 Å². The Bertz CT molecular complexity index is 325. The van der Waals surface area contributed by atoms with Crippen LogP contribution in [0.5, 0.6) is 0 Å². The lowest BCUT2D eigenvalue weighted by Crippen LogP contribution is -2.37. The number of ether oxygens (including phenoxy) is 1. The van der Waals surface area contributed by atoms with E-state index in [-0.39, 0.29) is 12.1 Å². The first-order valence-electron chi connectivity index (χ1n) is 6.10. The van der Waals surface area contributed by atoms with Crippen molar-refractivity contribution in [3.8, 4) is 0 Å². The molecular weight excluding hydrogens is 282 g/mol. The summed E-state index contributed by atoms with van der Waals surface area (Å²) in [4.78, 5) is 0. The predicted octanol–water partition coefficient (Wildman–Crippen LogP) is 3.75. The molecule has 98 valence electrons. The predicted molar refractivity (Wildman–Crippen MR) is 73.1 cm³/mol. The molecule has 4 heteroatoms. The van der Waals surface area contributed by atoms with Crippen LogP contribution in [0.15, 0.2) is 21.2 Å². The Morgan fingerprint density at radius 2 is 2.18 bits per heavy atom. The Labute approximate surface area is 112 Å². The van der Waals surface area contributed by atoms with E-state index >= 15 is 0 Å². The third-order valence-electron chi connectivity index (χ3n) is 2.80. The van der Waals surface area contributed by atoms with Crippen molar-refractivity contribution in [2.75, 3.05) is 13.7 Å². The summed E-state index contributed by atoms with van der Waals surface area (Å²) >= 11 is 3.52. The highest BCUT2D eigenvalue weighted by atomic mass is 79.9. The van der Waals surface area contributed by atoms with Gasteiger partial charge < -0.3 is 14.5 Å². The summed E-state index contributed by atoms with van der Waals surface area (Å²) in [6.45, 7) is 7.42. The minimum absolute atomic E-state index is 0.0873. The van der Waals surface area contributed by atoms with Crippen molar-refractivity contribution in [3.05, 3.63) is 22.6 Å². The molecule has 1 rings (SSSR count). The van der Waals surface area contributed by atoms with E-state index in [4.69, 9.17) is 9.15 Å². The summed E-state index contributed by atoms with van der Waals surface area (Å²) in [5, 5.41) is 3.50. The van der Waals surface area contributed by atoms with Crippen LogP contribution in [-0.2, 0) is 4.74 Å². The molecule has 0 fully saturated rings. The first-order valence-corrected chi connectivity index (χ1v) is 6.90. The minimum Gasteiger partial charge on any atom is -0.466 e. The quantitative estimate of drug-likeness (QED) is 0.833.